The molecule has 0 radical (unpaired) electrons. The van der Waals surface area contributed by atoms with E-state index in [1.54, 1.807) is 11.8 Å². The lowest BCUT2D eigenvalue weighted by atomic mass is 10.1. The molecule has 6 nitrogen and oxygen atoms in total. The molecule has 1 aliphatic rings. The van der Waals surface area contributed by atoms with Crippen LogP contribution in [0.25, 0.3) is 0 Å². The van der Waals surface area contributed by atoms with E-state index >= 15 is 0 Å². The molecule has 2 rings (SSSR count). The van der Waals surface area contributed by atoms with Crippen LogP contribution in [0.15, 0.2) is 12.4 Å². The van der Waals surface area contributed by atoms with Gasteiger partial charge in [-0.2, -0.15) is 0 Å². The van der Waals surface area contributed by atoms with Gasteiger partial charge in [-0.15, -0.1) is 0 Å². The Bertz CT molecular complexity index is 427. The van der Waals surface area contributed by atoms with Crippen LogP contribution in [0.2, 0.25) is 5.02 Å². The minimum Gasteiger partial charge on any atom is -0.458 e. The van der Waals surface area contributed by atoms with E-state index in [4.69, 9.17) is 21.1 Å². The molecule has 0 aliphatic carbocycles. The molecule has 1 amide bonds. The lowest BCUT2D eigenvalue weighted by molar-refractivity contribution is 0.0575. The molecule has 104 valence electrons. The zero-order chi connectivity index (χ0) is 13.7. The number of ether oxygens (including phenoxy) is 2. The molecule has 7 heteroatoms. The molecular weight excluding hydrogens is 270 g/mol. The maximum Gasteiger partial charge on any atom is 0.409 e. The Hall–Kier alpha value is -1.56. The van der Waals surface area contributed by atoms with Gasteiger partial charge >= 0.3 is 12.1 Å². The minimum atomic E-state index is -0.298. The van der Waals surface area contributed by atoms with Gasteiger partial charge in [0.15, 0.2) is 0 Å². The summed E-state index contributed by atoms with van der Waals surface area (Å²) < 4.78 is 10.6. The van der Waals surface area contributed by atoms with E-state index in [0.29, 0.717) is 24.7 Å². The Morgan fingerprint density at radius 2 is 2.26 bits per heavy atom. The molecule has 0 aromatic carbocycles. The standard InChI is InChI=1S/C12H16ClN3O3/c1-2-18-12(17)16-5-3-4-10(8-16)19-11-14-6-9(13)7-15-11/h6-7,10H,2-5,8H2,1H3/t10-/m0/s1. The molecule has 2 heterocycles. The Kier molecular flexibility index (Phi) is 4.79. The van der Waals surface area contributed by atoms with E-state index < -0.39 is 0 Å². The first kappa shape index (κ1) is 13.9. The van der Waals surface area contributed by atoms with Gasteiger partial charge in [0.25, 0.3) is 0 Å². The molecule has 1 fully saturated rings. The fourth-order valence-corrected chi connectivity index (χ4v) is 2.02. The highest BCUT2D eigenvalue weighted by Crippen LogP contribution is 2.16. The molecule has 1 saturated heterocycles. The zero-order valence-electron chi connectivity index (χ0n) is 10.7. The Morgan fingerprint density at radius 3 is 2.95 bits per heavy atom. The van der Waals surface area contributed by atoms with Gasteiger partial charge in [0.05, 0.1) is 30.6 Å². The number of rotatable bonds is 3. The van der Waals surface area contributed by atoms with Crippen LogP contribution in [-0.4, -0.2) is 46.8 Å². The average Bonchev–Trinajstić information content (AvgIpc) is 2.42. The Labute approximate surface area is 116 Å². The summed E-state index contributed by atoms with van der Waals surface area (Å²) in [5.74, 6) is 0. The van der Waals surface area contributed by atoms with Crippen molar-refractivity contribution in [3.63, 3.8) is 0 Å². The van der Waals surface area contributed by atoms with Crippen molar-refractivity contribution in [2.24, 2.45) is 0 Å². The third kappa shape index (κ3) is 3.96. The number of halogens is 1. The average molecular weight is 286 g/mol. The van der Waals surface area contributed by atoms with Gasteiger partial charge in [0.2, 0.25) is 0 Å². The molecule has 1 aromatic rings. The number of carbonyl (C=O) groups excluding carboxylic acids is 1. The number of likely N-dealkylation sites (tertiary alicyclic amines) is 1. The van der Waals surface area contributed by atoms with Crippen molar-refractivity contribution in [1.29, 1.82) is 0 Å². The van der Waals surface area contributed by atoms with Crippen molar-refractivity contribution in [3.05, 3.63) is 17.4 Å². The van der Waals surface area contributed by atoms with E-state index in [9.17, 15) is 4.79 Å². The van der Waals surface area contributed by atoms with Crippen molar-refractivity contribution in [3.8, 4) is 6.01 Å². The maximum atomic E-state index is 11.6. The van der Waals surface area contributed by atoms with Crippen molar-refractivity contribution in [1.82, 2.24) is 14.9 Å². The third-order valence-electron chi connectivity index (χ3n) is 2.77. The molecule has 0 unspecified atom stereocenters. The lowest BCUT2D eigenvalue weighted by Crippen LogP contribution is -2.44. The second-order valence-electron chi connectivity index (χ2n) is 4.21. The molecule has 1 aromatic heterocycles. The summed E-state index contributed by atoms with van der Waals surface area (Å²) in [6.45, 7) is 3.35. The molecular formula is C12H16ClN3O3. The second-order valence-corrected chi connectivity index (χ2v) is 4.65. The van der Waals surface area contributed by atoms with Gasteiger partial charge in [0.1, 0.15) is 6.10 Å². The van der Waals surface area contributed by atoms with Crippen LogP contribution in [0.5, 0.6) is 6.01 Å². The number of amides is 1. The molecule has 0 saturated carbocycles. The number of piperidine rings is 1. The number of hydrogen-bond donors (Lipinski definition) is 0. The fourth-order valence-electron chi connectivity index (χ4n) is 1.93. The van der Waals surface area contributed by atoms with Crippen LogP contribution in [0.3, 0.4) is 0 Å². The second kappa shape index (κ2) is 6.56. The molecule has 1 atom stereocenters. The van der Waals surface area contributed by atoms with E-state index in [0.717, 1.165) is 12.8 Å². The minimum absolute atomic E-state index is 0.112. The first-order chi connectivity index (χ1) is 9.19. The highest BCUT2D eigenvalue weighted by Gasteiger charge is 2.26. The highest BCUT2D eigenvalue weighted by molar-refractivity contribution is 6.30. The van der Waals surface area contributed by atoms with Crippen LogP contribution in [0.1, 0.15) is 19.8 Å². The zero-order valence-corrected chi connectivity index (χ0v) is 11.5. The van der Waals surface area contributed by atoms with Gasteiger partial charge in [-0.1, -0.05) is 11.6 Å². The summed E-state index contributed by atoms with van der Waals surface area (Å²) >= 11 is 5.70. The summed E-state index contributed by atoms with van der Waals surface area (Å²) in [5.41, 5.74) is 0. The van der Waals surface area contributed by atoms with Crippen LogP contribution in [-0.2, 0) is 4.74 Å². The largest absolute Gasteiger partial charge is 0.458 e. The molecule has 0 spiro atoms. The summed E-state index contributed by atoms with van der Waals surface area (Å²) in [5, 5.41) is 0.462. The van der Waals surface area contributed by atoms with Gasteiger partial charge in [-0.25, -0.2) is 14.8 Å². The third-order valence-corrected chi connectivity index (χ3v) is 2.97. The molecule has 0 bridgehead atoms. The number of nitrogens with zero attached hydrogens (tertiary/aromatic N) is 3. The quantitative estimate of drug-likeness (QED) is 0.851. The maximum absolute atomic E-state index is 11.6. The van der Waals surface area contributed by atoms with Crippen LogP contribution in [0, 0.1) is 0 Å². The SMILES string of the molecule is CCOC(=O)N1CCC[C@H](Oc2ncc(Cl)cn2)C1. The Balaban J connectivity index is 1.90. The van der Waals surface area contributed by atoms with Crippen molar-refractivity contribution < 1.29 is 14.3 Å². The van der Waals surface area contributed by atoms with Crippen LogP contribution >= 0.6 is 11.6 Å². The predicted octanol–water partition coefficient (Wildman–Crippen LogP) is 2.13. The summed E-state index contributed by atoms with van der Waals surface area (Å²) in [6.07, 6.45) is 4.29. The van der Waals surface area contributed by atoms with E-state index in [1.165, 1.54) is 12.4 Å². The van der Waals surface area contributed by atoms with Gasteiger partial charge < -0.3 is 14.4 Å². The predicted molar refractivity (Wildman–Crippen MR) is 69.3 cm³/mol. The van der Waals surface area contributed by atoms with Crippen molar-refractivity contribution in [2.75, 3.05) is 19.7 Å². The summed E-state index contributed by atoms with van der Waals surface area (Å²) in [6, 6.07) is 0.278. The van der Waals surface area contributed by atoms with E-state index in [2.05, 4.69) is 9.97 Å². The van der Waals surface area contributed by atoms with Crippen LogP contribution < -0.4 is 4.74 Å². The van der Waals surface area contributed by atoms with Gasteiger partial charge in [0, 0.05) is 6.54 Å². The molecule has 0 N–H and O–H groups in total. The van der Waals surface area contributed by atoms with Crippen molar-refractivity contribution in [2.45, 2.75) is 25.9 Å². The summed E-state index contributed by atoms with van der Waals surface area (Å²) in [7, 11) is 0. The monoisotopic (exact) mass is 285 g/mol. The Morgan fingerprint density at radius 1 is 1.53 bits per heavy atom. The van der Waals surface area contributed by atoms with Crippen LogP contribution in [0.4, 0.5) is 4.79 Å². The summed E-state index contributed by atoms with van der Waals surface area (Å²) in [4.78, 5) is 21.2. The topological polar surface area (TPSA) is 64.5 Å². The first-order valence-corrected chi connectivity index (χ1v) is 6.62. The first-order valence-electron chi connectivity index (χ1n) is 6.25. The lowest BCUT2D eigenvalue weighted by Gasteiger charge is -2.31. The van der Waals surface area contributed by atoms with Gasteiger partial charge in [-0.3, -0.25) is 0 Å². The number of carbonyl (C=O) groups is 1. The number of aromatic nitrogens is 2. The van der Waals surface area contributed by atoms with E-state index in [-0.39, 0.29) is 18.2 Å². The van der Waals surface area contributed by atoms with E-state index in [1.807, 2.05) is 0 Å². The van der Waals surface area contributed by atoms with Gasteiger partial charge in [-0.05, 0) is 19.8 Å². The van der Waals surface area contributed by atoms with Crippen molar-refractivity contribution >= 4 is 17.7 Å². The number of hydrogen-bond acceptors (Lipinski definition) is 5. The fraction of sp³-hybridized carbons (Fsp3) is 0.583. The molecule has 1 aliphatic heterocycles. The smallest absolute Gasteiger partial charge is 0.409 e. The molecule has 19 heavy (non-hydrogen) atoms. The highest BCUT2D eigenvalue weighted by atomic mass is 35.5. The normalized spacial score (nSPS) is 19.1.